The Bertz CT molecular complexity index is 883. The summed E-state index contributed by atoms with van der Waals surface area (Å²) in [6, 6.07) is 7.13. The van der Waals surface area contributed by atoms with Crippen molar-refractivity contribution in [2.24, 2.45) is 0 Å². The molecule has 29 heavy (non-hydrogen) atoms. The highest BCUT2D eigenvalue weighted by molar-refractivity contribution is 5.97. The number of hydrogen-bond acceptors (Lipinski definition) is 5. The largest absolute Gasteiger partial charge is 0.618 e. The normalized spacial score (nSPS) is 11.1. The number of pyridine rings is 1. The summed E-state index contributed by atoms with van der Waals surface area (Å²) in [6.45, 7) is 3.91. The van der Waals surface area contributed by atoms with Crippen LogP contribution in [0.15, 0.2) is 42.6 Å². The number of anilines is 2. The Morgan fingerprint density at radius 3 is 2.45 bits per heavy atom. The molecule has 0 aliphatic rings. The maximum Gasteiger partial charge on any atom is 0.416 e. The number of halogens is 3. The molecule has 0 saturated heterocycles. The van der Waals surface area contributed by atoms with Crippen LogP contribution in [0.2, 0.25) is 0 Å². The van der Waals surface area contributed by atoms with Crippen molar-refractivity contribution in [1.82, 2.24) is 0 Å². The van der Waals surface area contributed by atoms with E-state index < -0.39 is 30.2 Å². The highest BCUT2D eigenvalue weighted by atomic mass is 19.4. The molecule has 0 fully saturated rings. The third kappa shape index (κ3) is 5.59. The summed E-state index contributed by atoms with van der Waals surface area (Å²) in [5.74, 6) is -1.86. The van der Waals surface area contributed by atoms with Gasteiger partial charge in [0.1, 0.15) is 0 Å². The number of aromatic nitrogens is 1. The van der Waals surface area contributed by atoms with Crippen molar-refractivity contribution in [2.45, 2.75) is 20.0 Å². The molecule has 0 spiro atoms. The number of alkyl halides is 3. The van der Waals surface area contributed by atoms with Crippen LogP contribution in [0, 0.1) is 5.21 Å². The molecule has 10 heteroatoms. The summed E-state index contributed by atoms with van der Waals surface area (Å²) in [5, 5.41) is 13.9. The Hall–Kier alpha value is -3.30. The average molecular weight is 411 g/mol. The smallest absolute Gasteiger partial charge is 0.416 e. The number of hydrogen-bond donors (Lipinski definition) is 1. The van der Waals surface area contributed by atoms with E-state index in [1.807, 2.05) is 13.8 Å². The summed E-state index contributed by atoms with van der Waals surface area (Å²) in [5.41, 5.74) is -0.883. The van der Waals surface area contributed by atoms with Crippen LogP contribution in [0.25, 0.3) is 0 Å². The monoisotopic (exact) mass is 411 g/mol. The highest BCUT2D eigenvalue weighted by Gasteiger charge is 2.31. The van der Waals surface area contributed by atoms with Crippen LogP contribution in [0.1, 0.15) is 29.9 Å². The number of rotatable bonds is 7. The molecular weight excluding hydrogens is 391 g/mol. The third-order valence-corrected chi connectivity index (χ3v) is 4.07. The molecule has 156 valence electrons. The average Bonchev–Trinajstić information content (AvgIpc) is 2.67. The third-order valence-electron chi connectivity index (χ3n) is 4.07. The van der Waals surface area contributed by atoms with Crippen molar-refractivity contribution in [3.05, 3.63) is 59.1 Å². The molecule has 0 radical (unpaired) electrons. The Morgan fingerprint density at radius 1 is 1.17 bits per heavy atom. The van der Waals surface area contributed by atoms with Crippen LogP contribution in [-0.2, 0) is 15.7 Å². The first kappa shape index (κ1) is 22.0. The van der Waals surface area contributed by atoms with Crippen molar-refractivity contribution in [3.63, 3.8) is 0 Å². The number of carbonyl (C=O) groups excluding carboxylic acids is 2. The van der Waals surface area contributed by atoms with Gasteiger partial charge in [-0.15, -0.1) is 0 Å². The molecule has 1 N–H and O–H groups in total. The van der Waals surface area contributed by atoms with E-state index >= 15 is 0 Å². The molecule has 0 atom stereocenters. The second kappa shape index (κ2) is 9.26. The zero-order valence-electron chi connectivity index (χ0n) is 15.8. The topological polar surface area (TPSA) is 85.6 Å². The van der Waals surface area contributed by atoms with Gasteiger partial charge in [-0.1, -0.05) is 0 Å². The molecule has 1 aromatic heterocycles. The Balaban J connectivity index is 2.17. The van der Waals surface area contributed by atoms with Crippen LogP contribution in [0.4, 0.5) is 24.5 Å². The van der Waals surface area contributed by atoms with Crippen LogP contribution in [-0.4, -0.2) is 31.6 Å². The van der Waals surface area contributed by atoms with Crippen molar-refractivity contribution in [1.29, 1.82) is 0 Å². The molecular formula is C19H20F3N3O4. The predicted octanol–water partition coefficient (Wildman–Crippen LogP) is 2.98. The van der Waals surface area contributed by atoms with Gasteiger partial charge in [0.15, 0.2) is 12.8 Å². The van der Waals surface area contributed by atoms with Gasteiger partial charge >= 0.3 is 17.8 Å². The lowest BCUT2D eigenvalue weighted by Gasteiger charge is -2.25. The minimum atomic E-state index is -4.58. The van der Waals surface area contributed by atoms with E-state index in [2.05, 4.69) is 5.32 Å². The fraction of sp³-hybridized carbons (Fsp3) is 0.316. The number of nitrogens with zero attached hydrogens (tertiary/aromatic N) is 2. The van der Waals surface area contributed by atoms with E-state index in [0.29, 0.717) is 18.8 Å². The maximum atomic E-state index is 13.1. The quantitative estimate of drug-likeness (QED) is 0.430. The summed E-state index contributed by atoms with van der Waals surface area (Å²) >= 11 is 0. The molecule has 0 unspecified atom stereocenters. The molecule has 0 aliphatic heterocycles. The minimum absolute atomic E-state index is 0.0526. The first-order valence-corrected chi connectivity index (χ1v) is 8.78. The van der Waals surface area contributed by atoms with Gasteiger partial charge in [0.25, 0.3) is 5.91 Å². The van der Waals surface area contributed by atoms with Gasteiger partial charge in [0, 0.05) is 25.2 Å². The van der Waals surface area contributed by atoms with Gasteiger partial charge in [-0.25, -0.2) is 4.79 Å². The molecule has 0 bridgehead atoms. The minimum Gasteiger partial charge on any atom is -0.618 e. The lowest BCUT2D eigenvalue weighted by Crippen LogP contribution is -2.35. The number of esters is 1. The zero-order valence-corrected chi connectivity index (χ0v) is 15.8. The maximum absolute atomic E-state index is 13.1. The second-order valence-electron chi connectivity index (χ2n) is 5.94. The van der Waals surface area contributed by atoms with Gasteiger partial charge in [0.05, 0.1) is 16.9 Å². The molecule has 0 aliphatic carbocycles. The summed E-state index contributed by atoms with van der Waals surface area (Å²) in [4.78, 5) is 25.8. The number of ether oxygens (including phenoxy) is 1. The van der Waals surface area contributed by atoms with E-state index in [1.54, 1.807) is 4.90 Å². The van der Waals surface area contributed by atoms with Crippen molar-refractivity contribution >= 4 is 23.3 Å². The summed E-state index contributed by atoms with van der Waals surface area (Å²) < 4.78 is 44.2. The van der Waals surface area contributed by atoms with E-state index in [9.17, 15) is 28.0 Å². The molecule has 0 saturated carbocycles. The van der Waals surface area contributed by atoms with Crippen molar-refractivity contribution < 1.29 is 32.2 Å². The zero-order chi connectivity index (χ0) is 21.6. The number of carbonyl (C=O) groups is 2. The highest BCUT2D eigenvalue weighted by Crippen LogP contribution is 2.35. The second-order valence-corrected chi connectivity index (χ2v) is 5.94. The van der Waals surface area contributed by atoms with Gasteiger partial charge in [0.2, 0.25) is 0 Å². The summed E-state index contributed by atoms with van der Waals surface area (Å²) in [7, 11) is 0. The molecule has 2 aromatic rings. The van der Waals surface area contributed by atoms with Crippen LogP contribution in [0.3, 0.4) is 0 Å². The summed E-state index contributed by atoms with van der Waals surface area (Å²) in [6.07, 6.45) is -3.49. The first-order chi connectivity index (χ1) is 13.7. The first-order valence-electron chi connectivity index (χ1n) is 8.78. The van der Waals surface area contributed by atoms with Crippen molar-refractivity contribution in [3.8, 4) is 0 Å². The standard InChI is InChI=1S/C19H20F3N3O4/c1-3-24(4-2)15-9-8-13(19(20,21)22)11-14(15)23-17(26)12-29-18(27)16-7-5-6-10-25(16)28/h5-11H,3-4,12H2,1-2H3,(H,23,26). The van der Waals surface area contributed by atoms with E-state index in [4.69, 9.17) is 4.74 Å². The van der Waals surface area contributed by atoms with E-state index in [1.165, 1.54) is 24.3 Å². The van der Waals surface area contributed by atoms with E-state index in [-0.39, 0.29) is 16.1 Å². The fourth-order valence-corrected chi connectivity index (χ4v) is 2.63. The van der Waals surface area contributed by atoms with Crippen LogP contribution >= 0.6 is 0 Å². The van der Waals surface area contributed by atoms with Crippen LogP contribution < -0.4 is 14.9 Å². The molecule has 1 amide bonds. The lowest BCUT2D eigenvalue weighted by molar-refractivity contribution is -0.608. The SMILES string of the molecule is CCN(CC)c1ccc(C(F)(F)F)cc1NC(=O)COC(=O)c1cccc[n+]1[O-]. The van der Waals surface area contributed by atoms with E-state index in [0.717, 1.165) is 18.3 Å². The van der Waals surface area contributed by atoms with Gasteiger partial charge in [-0.3, -0.25) is 4.79 Å². The number of nitrogens with one attached hydrogen (secondary N) is 1. The van der Waals surface area contributed by atoms with Gasteiger partial charge in [-0.05, 0) is 38.1 Å². The van der Waals surface area contributed by atoms with Crippen molar-refractivity contribution in [2.75, 3.05) is 29.9 Å². The Labute approximate surface area is 165 Å². The predicted molar refractivity (Wildman–Crippen MR) is 99.3 cm³/mol. The Morgan fingerprint density at radius 2 is 1.86 bits per heavy atom. The molecule has 7 nitrogen and oxygen atoms in total. The molecule has 2 rings (SSSR count). The number of amides is 1. The van der Waals surface area contributed by atoms with Gasteiger partial charge in [-0.2, -0.15) is 17.9 Å². The lowest BCUT2D eigenvalue weighted by atomic mass is 10.1. The van der Waals surface area contributed by atoms with Crippen LogP contribution in [0.5, 0.6) is 0 Å². The molecule has 1 heterocycles. The fourth-order valence-electron chi connectivity index (χ4n) is 2.63. The number of benzene rings is 1. The van der Waals surface area contributed by atoms with Gasteiger partial charge < -0.3 is 20.2 Å². The Kier molecular flexibility index (Phi) is 7.03. The molecule has 1 aromatic carbocycles.